The molecular formula is C21H22N4O6S2. The van der Waals surface area contributed by atoms with E-state index in [4.69, 9.17) is 10.8 Å². The fourth-order valence-electron chi connectivity index (χ4n) is 3.10. The van der Waals surface area contributed by atoms with Gasteiger partial charge in [0.05, 0.1) is 5.39 Å². The Morgan fingerprint density at radius 3 is 2.55 bits per heavy atom. The third-order valence-corrected chi connectivity index (χ3v) is 7.10. The Morgan fingerprint density at radius 1 is 1.24 bits per heavy atom. The Bertz CT molecular complexity index is 1250. The van der Waals surface area contributed by atoms with Gasteiger partial charge in [0.25, 0.3) is 11.5 Å². The van der Waals surface area contributed by atoms with Gasteiger partial charge in [-0.2, -0.15) is 0 Å². The van der Waals surface area contributed by atoms with Crippen LogP contribution in [0, 0.1) is 0 Å². The number of aromatic nitrogens is 2. The minimum absolute atomic E-state index is 0.0618. The molecule has 10 nitrogen and oxygen atoms in total. The molecule has 0 saturated carbocycles. The Kier molecular flexibility index (Phi) is 7.71. The van der Waals surface area contributed by atoms with Gasteiger partial charge in [0, 0.05) is 26.7 Å². The monoisotopic (exact) mass is 490 g/mol. The Labute approximate surface area is 196 Å². The predicted molar refractivity (Wildman–Crippen MR) is 125 cm³/mol. The molecule has 12 heteroatoms. The topological polar surface area (TPSA) is 175 Å². The molecule has 174 valence electrons. The Morgan fingerprint density at radius 2 is 1.94 bits per heavy atom. The third-order valence-electron chi connectivity index (χ3n) is 4.67. The first-order valence-corrected chi connectivity index (χ1v) is 11.7. The Balaban J connectivity index is 1.81. The number of hydrogen-bond donors (Lipinski definition) is 5. The maximum absolute atomic E-state index is 12.5. The highest BCUT2D eigenvalue weighted by Gasteiger charge is 2.22. The molecule has 2 aromatic heterocycles. The number of nitrogens with zero attached hydrogens (tertiary/aromatic N) is 1. The van der Waals surface area contributed by atoms with E-state index >= 15 is 0 Å². The number of aromatic amines is 1. The van der Waals surface area contributed by atoms with E-state index in [0.717, 1.165) is 27.5 Å². The molecule has 0 bridgehead atoms. The number of nitrogen functional groups attached to an aromatic ring is 1. The lowest BCUT2D eigenvalue weighted by molar-refractivity contribution is -0.140. The van der Waals surface area contributed by atoms with Crippen molar-refractivity contribution in [1.29, 1.82) is 0 Å². The number of H-pyrrole nitrogens is 1. The quantitative estimate of drug-likeness (QED) is 0.286. The van der Waals surface area contributed by atoms with E-state index in [0.29, 0.717) is 10.2 Å². The number of carboxylic acid groups (broad SMARTS) is 2. The molecule has 0 saturated heterocycles. The zero-order valence-corrected chi connectivity index (χ0v) is 19.2. The van der Waals surface area contributed by atoms with Gasteiger partial charge in [-0.25, -0.2) is 9.78 Å². The summed E-state index contributed by atoms with van der Waals surface area (Å²) >= 11 is 2.81. The largest absolute Gasteiger partial charge is 0.481 e. The number of aryl methyl sites for hydroxylation is 1. The lowest BCUT2D eigenvalue weighted by Crippen LogP contribution is -2.41. The smallest absolute Gasteiger partial charge is 0.326 e. The molecule has 0 aliphatic carbocycles. The number of aliphatic carboxylic acids is 2. The van der Waals surface area contributed by atoms with Gasteiger partial charge in [-0.1, -0.05) is 25.1 Å². The van der Waals surface area contributed by atoms with E-state index in [-0.39, 0.29) is 29.9 Å². The van der Waals surface area contributed by atoms with Crippen LogP contribution in [0.15, 0.2) is 38.9 Å². The maximum atomic E-state index is 12.5. The van der Waals surface area contributed by atoms with Crippen molar-refractivity contribution in [2.24, 2.45) is 0 Å². The summed E-state index contributed by atoms with van der Waals surface area (Å²) in [6.45, 7) is 2.04. The van der Waals surface area contributed by atoms with Crippen LogP contribution in [0.3, 0.4) is 0 Å². The number of hydrogen-bond acceptors (Lipinski definition) is 8. The average molecular weight is 491 g/mol. The van der Waals surface area contributed by atoms with E-state index in [9.17, 15) is 24.3 Å². The number of carboxylic acids is 2. The molecule has 2 heterocycles. The van der Waals surface area contributed by atoms with Crippen LogP contribution in [0.25, 0.3) is 10.2 Å². The van der Waals surface area contributed by atoms with Crippen molar-refractivity contribution in [1.82, 2.24) is 15.3 Å². The van der Waals surface area contributed by atoms with Crippen molar-refractivity contribution in [3.63, 3.8) is 0 Å². The van der Waals surface area contributed by atoms with Crippen LogP contribution in [0.4, 0.5) is 5.95 Å². The molecule has 1 atom stereocenters. The normalized spacial score (nSPS) is 11.9. The summed E-state index contributed by atoms with van der Waals surface area (Å²) in [7, 11) is 0. The van der Waals surface area contributed by atoms with E-state index in [1.807, 2.05) is 6.92 Å². The summed E-state index contributed by atoms with van der Waals surface area (Å²) in [5.41, 5.74) is 5.60. The molecule has 0 fully saturated rings. The summed E-state index contributed by atoms with van der Waals surface area (Å²) in [5.74, 6) is -3.00. The number of amides is 1. The average Bonchev–Trinajstić information content (AvgIpc) is 3.08. The second kappa shape index (κ2) is 10.5. The first-order chi connectivity index (χ1) is 15.7. The van der Waals surface area contributed by atoms with Gasteiger partial charge >= 0.3 is 11.9 Å². The third kappa shape index (κ3) is 5.90. The second-order valence-electron chi connectivity index (χ2n) is 7.16. The number of nitrogens with two attached hydrogens (primary N) is 1. The van der Waals surface area contributed by atoms with Crippen LogP contribution in [0.1, 0.15) is 41.4 Å². The van der Waals surface area contributed by atoms with Crippen LogP contribution in [0.2, 0.25) is 0 Å². The molecule has 0 spiro atoms. The zero-order chi connectivity index (χ0) is 24.1. The van der Waals surface area contributed by atoms with Crippen molar-refractivity contribution >= 4 is 57.1 Å². The first kappa shape index (κ1) is 24.3. The number of benzene rings is 1. The molecule has 1 aromatic carbocycles. The molecule has 0 unspecified atom stereocenters. The van der Waals surface area contributed by atoms with Crippen molar-refractivity contribution in [3.05, 3.63) is 45.1 Å². The number of rotatable bonds is 10. The van der Waals surface area contributed by atoms with Crippen molar-refractivity contribution in [3.8, 4) is 0 Å². The maximum Gasteiger partial charge on any atom is 0.326 e. The van der Waals surface area contributed by atoms with Crippen LogP contribution >= 0.6 is 23.1 Å². The van der Waals surface area contributed by atoms with E-state index in [1.54, 1.807) is 24.3 Å². The molecule has 3 aromatic rings. The van der Waals surface area contributed by atoms with Crippen molar-refractivity contribution in [2.45, 2.75) is 48.4 Å². The van der Waals surface area contributed by atoms with Crippen LogP contribution in [0.5, 0.6) is 0 Å². The van der Waals surface area contributed by atoms with Crippen molar-refractivity contribution < 1.29 is 24.6 Å². The summed E-state index contributed by atoms with van der Waals surface area (Å²) < 4.78 is 0. The van der Waals surface area contributed by atoms with Gasteiger partial charge in [0.1, 0.15) is 10.9 Å². The molecule has 33 heavy (non-hydrogen) atoms. The standard InChI is InChI=1S/C21H22N4O6S2/c1-2-3-13-16(15-18(29)24-21(22)25-19(15)33-13)32-11-6-4-10(5-7-11)17(28)23-12(20(30)31)8-9-14(26)27/h4-7,12H,2-3,8-9H2,1H3,(H,23,28)(H,26,27)(H,30,31)(H3,22,24,25,29)/t12-/m0/s1. The Hall–Kier alpha value is -3.38. The fourth-order valence-corrected chi connectivity index (χ4v) is 5.61. The van der Waals surface area contributed by atoms with E-state index in [1.165, 1.54) is 23.1 Å². The van der Waals surface area contributed by atoms with Gasteiger partial charge in [-0.3, -0.25) is 19.4 Å². The molecule has 1 amide bonds. The summed E-state index contributed by atoms with van der Waals surface area (Å²) in [5, 5.41) is 20.8. The first-order valence-electron chi connectivity index (χ1n) is 10.0. The number of fused-ring (bicyclic) bond motifs is 1. The number of nitrogens with one attached hydrogen (secondary N) is 2. The molecule has 0 radical (unpaired) electrons. The van der Waals surface area contributed by atoms with Crippen LogP contribution < -0.4 is 16.6 Å². The van der Waals surface area contributed by atoms with E-state index in [2.05, 4.69) is 15.3 Å². The molecule has 3 rings (SSSR count). The predicted octanol–water partition coefficient (Wildman–Crippen LogP) is 2.72. The summed E-state index contributed by atoms with van der Waals surface area (Å²) in [6, 6.07) is 5.18. The lowest BCUT2D eigenvalue weighted by atomic mass is 10.1. The van der Waals surface area contributed by atoms with Crippen LogP contribution in [-0.2, 0) is 16.0 Å². The van der Waals surface area contributed by atoms with Gasteiger partial charge in [0.2, 0.25) is 5.95 Å². The van der Waals surface area contributed by atoms with Gasteiger partial charge in [0.15, 0.2) is 0 Å². The summed E-state index contributed by atoms with van der Waals surface area (Å²) in [4.78, 5) is 56.9. The molecule has 0 aliphatic rings. The van der Waals surface area contributed by atoms with Gasteiger partial charge in [-0.05, 0) is 37.1 Å². The number of carbonyl (C=O) groups excluding carboxylic acids is 1. The lowest BCUT2D eigenvalue weighted by Gasteiger charge is -2.13. The number of carbonyl (C=O) groups is 3. The van der Waals surface area contributed by atoms with Gasteiger partial charge in [-0.15, -0.1) is 11.3 Å². The molecule has 0 aliphatic heterocycles. The van der Waals surface area contributed by atoms with Gasteiger partial charge < -0.3 is 21.3 Å². The van der Waals surface area contributed by atoms with E-state index < -0.39 is 23.9 Å². The van der Waals surface area contributed by atoms with Crippen molar-refractivity contribution in [2.75, 3.05) is 5.73 Å². The highest BCUT2D eigenvalue weighted by Crippen LogP contribution is 2.40. The second-order valence-corrected chi connectivity index (χ2v) is 9.33. The zero-order valence-electron chi connectivity index (χ0n) is 17.6. The summed E-state index contributed by atoms with van der Waals surface area (Å²) in [6.07, 6.45) is 1.07. The fraction of sp³-hybridized carbons (Fsp3) is 0.286. The van der Waals surface area contributed by atoms with Crippen LogP contribution in [-0.4, -0.2) is 44.1 Å². The molecule has 6 N–H and O–H groups in total. The highest BCUT2D eigenvalue weighted by molar-refractivity contribution is 7.99. The number of thiophene rings is 1. The molecular weight excluding hydrogens is 468 g/mol. The minimum Gasteiger partial charge on any atom is -0.481 e. The highest BCUT2D eigenvalue weighted by atomic mass is 32.2. The SMILES string of the molecule is CCCc1sc2nc(N)[nH]c(=O)c2c1Sc1ccc(C(=O)N[C@@H](CCC(=O)O)C(=O)O)cc1. The number of anilines is 1. The minimum atomic E-state index is -1.30.